The van der Waals surface area contributed by atoms with E-state index in [9.17, 15) is 4.79 Å². The number of carbonyl (C=O) groups excluding carboxylic acids is 1. The van der Waals surface area contributed by atoms with Crippen molar-refractivity contribution in [3.63, 3.8) is 0 Å². The zero-order valence-electron chi connectivity index (χ0n) is 11.7. The summed E-state index contributed by atoms with van der Waals surface area (Å²) in [4.78, 5) is 14.0. The molecule has 3 nitrogen and oxygen atoms in total. The molecule has 1 aromatic carbocycles. The molecule has 1 atom stereocenters. The average Bonchev–Trinajstić information content (AvgIpc) is 2.93. The van der Waals surface area contributed by atoms with Gasteiger partial charge in [0.1, 0.15) is 11.5 Å². The van der Waals surface area contributed by atoms with E-state index in [0.29, 0.717) is 6.42 Å². The molecule has 2 aromatic rings. The SMILES string of the molecule is CC(=O)CC(c1ccccc1)N1CCc2ccoc2C1. The standard InChI is InChI=1S/C17H19NO2/c1-13(19)11-16(14-5-3-2-4-6-14)18-9-7-15-8-10-20-17(15)12-18/h2-6,8,10,16H,7,9,11-12H2,1H3. The van der Waals surface area contributed by atoms with Crippen LogP contribution in [0.25, 0.3) is 0 Å². The van der Waals surface area contributed by atoms with E-state index in [1.54, 1.807) is 13.2 Å². The number of ketones is 1. The molecular formula is C17H19NO2. The fraction of sp³-hybridized carbons (Fsp3) is 0.353. The Hall–Kier alpha value is -1.87. The van der Waals surface area contributed by atoms with Gasteiger partial charge in [-0.25, -0.2) is 0 Å². The summed E-state index contributed by atoms with van der Waals surface area (Å²) in [5.41, 5.74) is 2.51. The first kappa shape index (κ1) is 13.1. The van der Waals surface area contributed by atoms with Crippen molar-refractivity contribution in [3.05, 3.63) is 59.5 Å². The van der Waals surface area contributed by atoms with Crippen molar-refractivity contribution < 1.29 is 9.21 Å². The maximum Gasteiger partial charge on any atom is 0.131 e. The van der Waals surface area contributed by atoms with Crippen LogP contribution in [0.2, 0.25) is 0 Å². The summed E-state index contributed by atoms with van der Waals surface area (Å²) in [5.74, 6) is 1.27. The van der Waals surface area contributed by atoms with Crippen molar-refractivity contribution in [2.24, 2.45) is 0 Å². The molecule has 2 heterocycles. The molecule has 0 spiro atoms. The van der Waals surface area contributed by atoms with E-state index in [4.69, 9.17) is 4.42 Å². The van der Waals surface area contributed by atoms with Crippen LogP contribution in [0.5, 0.6) is 0 Å². The number of hydrogen-bond donors (Lipinski definition) is 0. The van der Waals surface area contributed by atoms with E-state index in [1.807, 2.05) is 18.2 Å². The molecule has 1 aliphatic rings. The summed E-state index contributed by atoms with van der Waals surface area (Å²) in [7, 11) is 0. The lowest BCUT2D eigenvalue weighted by molar-refractivity contribution is -0.118. The Bertz CT molecular complexity index is 588. The monoisotopic (exact) mass is 269 g/mol. The first-order valence-electron chi connectivity index (χ1n) is 7.07. The highest BCUT2D eigenvalue weighted by Crippen LogP contribution is 2.30. The van der Waals surface area contributed by atoms with Gasteiger partial charge >= 0.3 is 0 Å². The van der Waals surface area contributed by atoms with Gasteiger partial charge in [0, 0.05) is 19.0 Å². The predicted molar refractivity (Wildman–Crippen MR) is 77.3 cm³/mol. The van der Waals surface area contributed by atoms with Crippen LogP contribution in [0, 0.1) is 0 Å². The normalized spacial score (nSPS) is 16.6. The summed E-state index contributed by atoms with van der Waals surface area (Å²) < 4.78 is 5.55. The minimum Gasteiger partial charge on any atom is -0.468 e. The van der Waals surface area contributed by atoms with Crippen LogP contribution in [0.15, 0.2) is 47.1 Å². The molecule has 1 unspecified atom stereocenters. The zero-order chi connectivity index (χ0) is 13.9. The number of carbonyl (C=O) groups is 1. The molecule has 0 saturated carbocycles. The Kier molecular flexibility index (Phi) is 3.70. The molecule has 104 valence electrons. The van der Waals surface area contributed by atoms with Crippen LogP contribution < -0.4 is 0 Å². The second-order valence-electron chi connectivity index (χ2n) is 5.42. The van der Waals surface area contributed by atoms with Crippen LogP contribution >= 0.6 is 0 Å². The number of hydrogen-bond acceptors (Lipinski definition) is 3. The van der Waals surface area contributed by atoms with Crippen LogP contribution in [0.4, 0.5) is 0 Å². The number of furan rings is 1. The van der Waals surface area contributed by atoms with E-state index in [2.05, 4.69) is 23.1 Å². The van der Waals surface area contributed by atoms with Crippen molar-refractivity contribution in [1.29, 1.82) is 0 Å². The van der Waals surface area contributed by atoms with Gasteiger partial charge in [0.25, 0.3) is 0 Å². The summed E-state index contributed by atoms with van der Waals surface area (Å²) in [5, 5.41) is 0. The van der Waals surface area contributed by atoms with Crippen molar-refractivity contribution >= 4 is 5.78 Å². The molecule has 0 radical (unpaired) electrons. The van der Waals surface area contributed by atoms with Crippen molar-refractivity contribution in [2.45, 2.75) is 32.4 Å². The highest BCUT2D eigenvalue weighted by atomic mass is 16.3. The van der Waals surface area contributed by atoms with Gasteiger partial charge in [-0.1, -0.05) is 30.3 Å². The Balaban J connectivity index is 1.85. The Morgan fingerprint density at radius 3 is 2.85 bits per heavy atom. The number of rotatable bonds is 4. The molecule has 3 heteroatoms. The lowest BCUT2D eigenvalue weighted by Crippen LogP contribution is -2.34. The van der Waals surface area contributed by atoms with E-state index in [0.717, 1.165) is 25.3 Å². The quantitative estimate of drug-likeness (QED) is 0.853. The number of benzene rings is 1. The number of fused-ring (bicyclic) bond motifs is 1. The topological polar surface area (TPSA) is 33.5 Å². The van der Waals surface area contributed by atoms with Crippen LogP contribution in [0.3, 0.4) is 0 Å². The molecule has 0 aliphatic carbocycles. The molecule has 0 bridgehead atoms. The van der Waals surface area contributed by atoms with Crippen LogP contribution in [-0.2, 0) is 17.8 Å². The smallest absolute Gasteiger partial charge is 0.131 e. The molecule has 20 heavy (non-hydrogen) atoms. The second-order valence-corrected chi connectivity index (χ2v) is 5.42. The molecule has 0 amide bonds. The second kappa shape index (κ2) is 5.63. The predicted octanol–water partition coefficient (Wildman–Crippen LogP) is 3.36. The van der Waals surface area contributed by atoms with Gasteiger partial charge in [0.2, 0.25) is 0 Å². The van der Waals surface area contributed by atoms with Crippen LogP contribution in [0.1, 0.15) is 36.3 Å². The highest BCUT2D eigenvalue weighted by molar-refractivity contribution is 5.76. The number of Topliss-reactive ketones (excluding diaryl/α,β-unsaturated/α-hetero) is 1. The van der Waals surface area contributed by atoms with Gasteiger partial charge in [-0.05, 0) is 30.5 Å². The van der Waals surface area contributed by atoms with Gasteiger partial charge < -0.3 is 4.42 Å². The van der Waals surface area contributed by atoms with Gasteiger partial charge in [0.05, 0.1) is 12.8 Å². The molecule has 3 rings (SSSR count). The fourth-order valence-electron chi connectivity index (χ4n) is 2.93. The van der Waals surface area contributed by atoms with Crippen LogP contribution in [-0.4, -0.2) is 17.2 Å². The molecule has 0 saturated heterocycles. The lowest BCUT2D eigenvalue weighted by atomic mass is 9.97. The van der Waals surface area contributed by atoms with Gasteiger partial charge in [-0.2, -0.15) is 0 Å². The van der Waals surface area contributed by atoms with E-state index < -0.39 is 0 Å². The van der Waals surface area contributed by atoms with E-state index in [-0.39, 0.29) is 11.8 Å². The van der Waals surface area contributed by atoms with E-state index in [1.165, 1.54) is 11.1 Å². The Morgan fingerprint density at radius 1 is 1.30 bits per heavy atom. The largest absolute Gasteiger partial charge is 0.468 e. The zero-order valence-corrected chi connectivity index (χ0v) is 11.7. The first-order valence-corrected chi connectivity index (χ1v) is 7.07. The van der Waals surface area contributed by atoms with Crippen molar-refractivity contribution in [1.82, 2.24) is 4.90 Å². The number of nitrogens with zero attached hydrogens (tertiary/aromatic N) is 1. The highest BCUT2D eigenvalue weighted by Gasteiger charge is 2.27. The first-order chi connectivity index (χ1) is 9.74. The maximum absolute atomic E-state index is 11.6. The third-order valence-corrected chi connectivity index (χ3v) is 3.96. The maximum atomic E-state index is 11.6. The third-order valence-electron chi connectivity index (χ3n) is 3.96. The van der Waals surface area contributed by atoms with E-state index >= 15 is 0 Å². The third kappa shape index (κ3) is 2.68. The van der Waals surface area contributed by atoms with Gasteiger partial charge in [-0.3, -0.25) is 9.69 Å². The molecule has 1 aromatic heterocycles. The van der Waals surface area contributed by atoms with Crippen molar-refractivity contribution in [3.8, 4) is 0 Å². The minimum atomic E-state index is 0.145. The summed E-state index contributed by atoms with van der Waals surface area (Å²) in [6.07, 6.45) is 3.31. The summed E-state index contributed by atoms with van der Waals surface area (Å²) in [6.45, 7) is 3.42. The lowest BCUT2D eigenvalue weighted by Gasteiger charge is -2.33. The Morgan fingerprint density at radius 2 is 2.10 bits per heavy atom. The molecular weight excluding hydrogens is 250 g/mol. The van der Waals surface area contributed by atoms with Gasteiger partial charge in [0.15, 0.2) is 0 Å². The van der Waals surface area contributed by atoms with Crippen molar-refractivity contribution in [2.75, 3.05) is 6.54 Å². The molecule has 0 fully saturated rings. The summed E-state index contributed by atoms with van der Waals surface area (Å²) in [6, 6.07) is 12.5. The average molecular weight is 269 g/mol. The minimum absolute atomic E-state index is 0.145. The Labute approximate surface area is 119 Å². The molecule has 0 N–H and O–H groups in total. The fourth-order valence-corrected chi connectivity index (χ4v) is 2.93. The molecule has 1 aliphatic heterocycles. The summed E-state index contributed by atoms with van der Waals surface area (Å²) >= 11 is 0. The van der Waals surface area contributed by atoms with Gasteiger partial charge in [-0.15, -0.1) is 0 Å².